The molecule has 1 atom stereocenters. The average Bonchev–Trinajstić information content (AvgIpc) is 2.95. The van der Waals surface area contributed by atoms with Gasteiger partial charge >= 0.3 is 0 Å². The summed E-state index contributed by atoms with van der Waals surface area (Å²) in [5, 5.41) is 3.03. The topological polar surface area (TPSA) is 77.1 Å². The van der Waals surface area contributed by atoms with Crippen LogP contribution in [0.1, 0.15) is 30.0 Å². The Hall–Kier alpha value is -3.84. The molecule has 3 aromatic carbocycles. The minimum Gasteiger partial charge on any atom is -0.493 e. The molecule has 3 rings (SSSR count). The lowest BCUT2D eigenvalue weighted by Gasteiger charge is -2.32. The van der Waals surface area contributed by atoms with Crippen LogP contribution in [0.3, 0.4) is 0 Å². The highest BCUT2D eigenvalue weighted by molar-refractivity contribution is 5.88. The van der Waals surface area contributed by atoms with E-state index in [9.17, 15) is 9.59 Å². The maximum atomic E-state index is 13.9. The smallest absolute Gasteiger partial charge is 0.243 e. The van der Waals surface area contributed by atoms with Crippen molar-refractivity contribution in [1.82, 2.24) is 10.2 Å². The van der Waals surface area contributed by atoms with Gasteiger partial charge in [0.25, 0.3) is 0 Å². The van der Waals surface area contributed by atoms with E-state index in [1.165, 1.54) is 0 Å². The van der Waals surface area contributed by atoms with Crippen LogP contribution < -0.4 is 14.8 Å². The van der Waals surface area contributed by atoms with Crippen LogP contribution in [0, 0.1) is 0 Å². The quantitative estimate of drug-likeness (QED) is 0.301. The number of hydrogen-bond donors (Lipinski definition) is 1. The summed E-state index contributed by atoms with van der Waals surface area (Å²) in [5.74, 6) is 0.826. The van der Waals surface area contributed by atoms with Gasteiger partial charge in [-0.25, -0.2) is 0 Å². The van der Waals surface area contributed by atoms with Crippen molar-refractivity contribution in [2.75, 3.05) is 34.0 Å². The van der Waals surface area contributed by atoms with E-state index in [0.717, 1.165) is 16.7 Å². The number of amides is 2. The first-order valence-electron chi connectivity index (χ1n) is 13.0. The van der Waals surface area contributed by atoms with Crippen LogP contribution in [-0.2, 0) is 33.7 Å². The number of nitrogens with zero attached hydrogens (tertiary/aromatic N) is 1. The molecule has 0 aliphatic rings. The van der Waals surface area contributed by atoms with Crippen LogP contribution in [0.25, 0.3) is 0 Å². The molecule has 3 aromatic rings. The van der Waals surface area contributed by atoms with Gasteiger partial charge < -0.3 is 24.4 Å². The lowest BCUT2D eigenvalue weighted by atomic mass is 10.0. The van der Waals surface area contributed by atoms with Crippen molar-refractivity contribution < 1.29 is 23.8 Å². The van der Waals surface area contributed by atoms with Gasteiger partial charge in [-0.1, -0.05) is 66.7 Å². The van der Waals surface area contributed by atoms with Crippen LogP contribution in [-0.4, -0.2) is 56.7 Å². The molecule has 0 saturated heterocycles. The second-order valence-electron chi connectivity index (χ2n) is 8.92. The fraction of sp³-hybridized carbons (Fsp3) is 0.355. The van der Waals surface area contributed by atoms with Gasteiger partial charge in [-0.15, -0.1) is 0 Å². The highest BCUT2D eigenvalue weighted by atomic mass is 16.5. The normalized spacial score (nSPS) is 11.4. The van der Waals surface area contributed by atoms with E-state index in [1.54, 1.807) is 31.3 Å². The summed E-state index contributed by atoms with van der Waals surface area (Å²) in [4.78, 5) is 29.1. The molecular formula is C31H38N2O5. The largest absolute Gasteiger partial charge is 0.493 e. The fourth-order valence-electron chi connectivity index (χ4n) is 4.25. The van der Waals surface area contributed by atoms with Crippen molar-refractivity contribution in [3.8, 4) is 11.5 Å². The first-order chi connectivity index (χ1) is 18.5. The molecule has 0 spiro atoms. The van der Waals surface area contributed by atoms with Gasteiger partial charge in [0.05, 0.1) is 20.6 Å². The molecule has 0 saturated carbocycles. The number of nitrogens with one attached hydrogen (secondary N) is 1. The molecular weight excluding hydrogens is 480 g/mol. The van der Waals surface area contributed by atoms with Crippen molar-refractivity contribution >= 4 is 11.8 Å². The maximum Gasteiger partial charge on any atom is 0.243 e. The Labute approximate surface area is 225 Å². The Bertz CT molecular complexity index is 1140. The lowest BCUT2D eigenvalue weighted by Crippen LogP contribution is -2.51. The average molecular weight is 519 g/mol. The van der Waals surface area contributed by atoms with E-state index >= 15 is 0 Å². The van der Waals surface area contributed by atoms with Gasteiger partial charge in [0.15, 0.2) is 11.5 Å². The Kier molecular flexibility index (Phi) is 11.7. The Morgan fingerprint density at radius 3 is 2.13 bits per heavy atom. The molecule has 0 aliphatic carbocycles. The monoisotopic (exact) mass is 518 g/mol. The molecule has 7 nitrogen and oxygen atoms in total. The molecule has 0 radical (unpaired) electrons. The minimum atomic E-state index is -0.683. The van der Waals surface area contributed by atoms with Crippen LogP contribution in [0.15, 0.2) is 78.9 Å². The number of hydrogen-bond acceptors (Lipinski definition) is 5. The first-order valence-corrected chi connectivity index (χ1v) is 13.0. The van der Waals surface area contributed by atoms with Gasteiger partial charge in [0.1, 0.15) is 6.04 Å². The van der Waals surface area contributed by atoms with E-state index in [-0.39, 0.29) is 18.2 Å². The molecule has 0 fully saturated rings. The zero-order valence-electron chi connectivity index (χ0n) is 22.5. The predicted molar refractivity (Wildman–Crippen MR) is 148 cm³/mol. The summed E-state index contributed by atoms with van der Waals surface area (Å²) in [6.45, 7) is 3.95. The summed E-state index contributed by atoms with van der Waals surface area (Å²) in [6.07, 6.45) is 1.23. The van der Waals surface area contributed by atoms with Crippen molar-refractivity contribution in [3.05, 3.63) is 95.6 Å². The van der Waals surface area contributed by atoms with E-state index in [2.05, 4.69) is 5.32 Å². The van der Waals surface area contributed by atoms with E-state index in [4.69, 9.17) is 14.2 Å². The van der Waals surface area contributed by atoms with Crippen LogP contribution in [0.4, 0.5) is 0 Å². The number of rotatable bonds is 15. The highest BCUT2D eigenvalue weighted by Gasteiger charge is 2.30. The zero-order chi connectivity index (χ0) is 27.2. The third-order valence-corrected chi connectivity index (χ3v) is 6.24. The number of benzene rings is 3. The Balaban J connectivity index is 1.89. The zero-order valence-corrected chi connectivity index (χ0v) is 22.5. The molecule has 1 N–H and O–H groups in total. The summed E-state index contributed by atoms with van der Waals surface area (Å²) in [5.41, 5.74) is 2.72. The number of carbonyl (C=O) groups excluding carboxylic acids is 2. The second kappa shape index (κ2) is 15.4. The van der Waals surface area contributed by atoms with Crippen molar-refractivity contribution in [1.29, 1.82) is 0 Å². The summed E-state index contributed by atoms with van der Waals surface area (Å²) in [6, 6.07) is 24.3. The van der Waals surface area contributed by atoms with Crippen LogP contribution in [0.2, 0.25) is 0 Å². The van der Waals surface area contributed by atoms with Crippen molar-refractivity contribution in [3.63, 3.8) is 0 Å². The van der Waals surface area contributed by atoms with Gasteiger partial charge in [-0.05, 0) is 42.2 Å². The highest BCUT2D eigenvalue weighted by Crippen LogP contribution is 2.28. The summed E-state index contributed by atoms with van der Waals surface area (Å²) < 4.78 is 16.2. The third-order valence-electron chi connectivity index (χ3n) is 6.24. The molecule has 38 heavy (non-hydrogen) atoms. The maximum absolute atomic E-state index is 13.9. The lowest BCUT2D eigenvalue weighted by molar-refractivity contribution is -0.140. The van der Waals surface area contributed by atoms with Gasteiger partial charge in [0, 0.05) is 32.7 Å². The van der Waals surface area contributed by atoms with Crippen LogP contribution in [0.5, 0.6) is 11.5 Å². The van der Waals surface area contributed by atoms with Gasteiger partial charge in [-0.3, -0.25) is 9.59 Å². The molecule has 2 amide bonds. The molecule has 7 heteroatoms. The summed E-state index contributed by atoms with van der Waals surface area (Å²) in [7, 11) is 3.14. The number of ether oxygens (including phenoxy) is 3. The Morgan fingerprint density at radius 2 is 1.50 bits per heavy atom. The standard InChI is InChI=1S/C31H38N2O5/c1-4-38-19-11-18-32-31(35)27(20-24-12-7-5-8-13-24)33(23-25-14-9-6-10-15-25)30(34)22-26-16-17-28(36-2)29(21-26)37-3/h5-10,12-17,21,27H,4,11,18-20,22-23H2,1-3H3,(H,32,35)/t27-/m0/s1. The first kappa shape index (κ1) is 28.7. The van der Waals surface area contributed by atoms with Crippen LogP contribution >= 0.6 is 0 Å². The molecule has 0 heterocycles. The van der Waals surface area contributed by atoms with E-state index < -0.39 is 6.04 Å². The SMILES string of the molecule is CCOCCCNC(=O)[C@H](Cc1ccccc1)N(Cc1ccccc1)C(=O)Cc1ccc(OC)c(OC)c1. The molecule has 202 valence electrons. The number of carbonyl (C=O) groups is 2. The predicted octanol–water partition coefficient (Wildman–Crippen LogP) is 4.43. The third kappa shape index (κ3) is 8.63. The Morgan fingerprint density at radius 1 is 0.842 bits per heavy atom. The van der Waals surface area contributed by atoms with E-state index in [1.807, 2.05) is 73.7 Å². The van der Waals surface area contributed by atoms with Gasteiger partial charge in [0.2, 0.25) is 11.8 Å². The van der Waals surface area contributed by atoms with Crippen molar-refractivity contribution in [2.24, 2.45) is 0 Å². The van der Waals surface area contributed by atoms with Crippen molar-refractivity contribution in [2.45, 2.75) is 38.8 Å². The molecule has 0 bridgehead atoms. The molecule has 0 unspecified atom stereocenters. The molecule has 0 aromatic heterocycles. The second-order valence-corrected chi connectivity index (χ2v) is 8.92. The minimum absolute atomic E-state index is 0.121. The summed E-state index contributed by atoms with van der Waals surface area (Å²) >= 11 is 0. The number of methoxy groups -OCH3 is 2. The molecule has 0 aliphatic heterocycles. The van der Waals surface area contributed by atoms with Gasteiger partial charge in [-0.2, -0.15) is 0 Å². The fourth-order valence-corrected chi connectivity index (χ4v) is 4.25. The van der Waals surface area contributed by atoms with E-state index in [0.29, 0.717) is 50.6 Å².